The number of halogens is 1. The first-order chi connectivity index (χ1) is 9.72. The van der Waals surface area contributed by atoms with Gasteiger partial charge < -0.3 is 15.8 Å². The van der Waals surface area contributed by atoms with E-state index >= 15 is 0 Å². The first-order valence-corrected chi connectivity index (χ1v) is 8.17. The molecule has 1 aromatic heterocycles. The van der Waals surface area contributed by atoms with Gasteiger partial charge in [0.1, 0.15) is 0 Å². The highest BCUT2D eigenvalue weighted by molar-refractivity contribution is 7.15. The number of anilines is 1. The Labute approximate surface area is 134 Å². The Morgan fingerprint density at radius 2 is 2.19 bits per heavy atom. The zero-order chi connectivity index (χ0) is 13.7. The maximum atomic E-state index is 12.5. The second-order valence-electron chi connectivity index (χ2n) is 6.12. The molecule has 2 heterocycles. The molecule has 0 radical (unpaired) electrons. The zero-order valence-electron chi connectivity index (χ0n) is 11.7. The SMILES string of the molecule is Cl.NC1C2CCC(C2)C1C(=O)Nc1nc2c(s1)COCC2. The van der Waals surface area contributed by atoms with Gasteiger partial charge in [-0.2, -0.15) is 0 Å². The summed E-state index contributed by atoms with van der Waals surface area (Å²) >= 11 is 1.53. The molecule has 0 saturated heterocycles. The van der Waals surface area contributed by atoms with Gasteiger partial charge in [0.05, 0.1) is 29.7 Å². The monoisotopic (exact) mass is 329 g/mol. The second-order valence-corrected chi connectivity index (χ2v) is 7.20. The van der Waals surface area contributed by atoms with Crippen LogP contribution in [0.1, 0.15) is 29.8 Å². The lowest BCUT2D eigenvalue weighted by Gasteiger charge is -2.26. The third-order valence-corrected chi connectivity index (χ3v) is 5.99. The molecule has 21 heavy (non-hydrogen) atoms. The molecule has 4 atom stereocenters. The predicted molar refractivity (Wildman–Crippen MR) is 83.6 cm³/mol. The van der Waals surface area contributed by atoms with E-state index in [9.17, 15) is 4.79 Å². The molecule has 3 N–H and O–H groups in total. The van der Waals surface area contributed by atoms with Crippen LogP contribution in [0.3, 0.4) is 0 Å². The summed E-state index contributed by atoms with van der Waals surface area (Å²) in [6, 6.07) is 0.0340. The molecule has 7 heteroatoms. The molecule has 2 fully saturated rings. The van der Waals surface area contributed by atoms with Crippen molar-refractivity contribution in [2.24, 2.45) is 23.5 Å². The molecule has 2 bridgehead atoms. The Morgan fingerprint density at radius 3 is 2.90 bits per heavy atom. The topological polar surface area (TPSA) is 77.2 Å². The summed E-state index contributed by atoms with van der Waals surface area (Å²) in [5.74, 6) is 1.07. The van der Waals surface area contributed by atoms with E-state index in [0.29, 0.717) is 23.6 Å². The van der Waals surface area contributed by atoms with Gasteiger partial charge >= 0.3 is 0 Å². The number of carbonyl (C=O) groups excluding carboxylic acids is 1. The molecule has 0 aromatic carbocycles. The standard InChI is InChI=1S/C14H19N3O2S.ClH/c15-12-8-2-1-7(5-8)11(12)13(18)17-14-16-9-3-4-19-6-10(9)20-14;/h7-8,11-12H,1-6,15H2,(H,16,17,18);1H. The largest absolute Gasteiger partial charge is 0.375 e. The number of rotatable bonds is 2. The maximum absolute atomic E-state index is 12.5. The van der Waals surface area contributed by atoms with Crippen molar-refractivity contribution in [1.82, 2.24) is 4.98 Å². The first-order valence-electron chi connectivity index (χ1n) is 7.35. The van der Waals surface area contributed by atoms with Gasteiger partial charge in [-0.15, -0.1) is 12.4 Å². The fourth-order valence-electron chi connectivity index (χ4n) is 3.99. The van der Waals surface area contributed by atoms with Gasteiger partial charge in [-0.25, -0.2) is 4.98 Å². The van der Waals surface area contributed by atoms with Crippen LogP contribution < -0.4 is 11.1 Å². The van der Waals surface area contributed by atoms with Gasteiger partial charge in [-0.05, 0) is 31.1 Å². The predicted octanol–water partition coefficient (Wildman–Crippen LogP) is 1.95. The number of amides is 1. The lowest BCUT2D eigenvalue weighted by molar-refractivity contribution is -0.121. The average molecular weight is 330 g/mol. The number of aromatic nitrogens is 1. The molecule has 1 amide bonds. The lowest BCUT2D eigenvalue weighted by Crippen LogP contribution is -2.42. The van der Waals surface area contributed by atoms with E-state index in [1.807, 2.05) is 0 Å². The van der Waals surface area contributed by atoms with Crippen molar-refractivity contribution in [3.63, 3.8) is 0 Å². The van der Waals surface area contributed by atoms with Gasteiger partial charge in [0.2, 0.25) is 5.91 Å². The Morgan fingerprint density at radius 1 is 1.38 bits per heavy atom. The number of carbonyl (C=O) groups is 1. The Kier molecular flexibility index (Phi) is 4.23. The van der Waals surface area contributed by atoms with Crippen LogP contribution in [-0.4, -0.2) is 23.5 Å². The summed E-state index contributed by atoms with van der Waals surface area (Å²) in [5, 5.41) is 3.70. The van der Waals surface area contributed by atoms with Crippen LogP contribution in [-0.2, 0) is 22.6 Å². The molecule has 116 valence electrons. The summed E-state index contributed by atoms with van der Waals surface area (Å²) in [4.78, 5) is 18.1. The van der Waals surface area contributed by atoms with Crippen molar-refractivity contribution in [3.8, 4) is 0 Å². The zero-order valence-corrected chi connectivity index (χ0v) is 13.3. The van der Waals surface area contributed by atoms with E-state index in [0.717, 1.165) is 36.4 Å². The highest BCUT2D eigenvalue weighted by Crippen LogP contribution is 2.48. The fraction of sp³-hybridized carbons (Fsp3) is 0.714. The lowest BCUT2D eigenvalue weighted by atomic mass is 9.84. The van der Waals surface area contributed by atoms with Crippen molar-refractivity contribution in [2.45, 2.75) is 38.3 Å². The number of hydrogen-bond acceptors (Lipinski definition) is 5. The molecule has 4 rings (SSSR count). The molecule has 2 saturated carbocycles. The summed E-state index contributed by atoms with van der Waals surface area (Å²) in [6.45, 7) is 1.35. The Bertz CT molecular complexity index is 525. The number of ether oxygens (including phenoxy) is 1. The highest BCUT2D eigenvalue weighted by atomic mass is 35.5. The molecule has 4 unspecified atom stereocenters. The Balaban J connectivity index is 0.00000132. The van der Waals surface area contributed by atoms with Gasteiger partial charge in [0.25, 0.3) is 0 Å². The van der Waals surface area contributed by atoms with Crippen LogP contribution in [0.2, 0.25) is 0 Å². The molecule has 3 aliphatic rings. The van der Waals surface area contributed by atoms with Gasteiger partial charge in [-0.3, -0.25) is 4.79 Å². The van der Waals surface area contributed by atoms with E-state index < -0.39 is 0 Å². The fourth-order valence-corrected chi connectivity index (χ4v) is 4.94. The van der Waals surface area contributed by atoms with Crippen LogP contribution >= 0.6 is 23.7 Å². The molecule has 5 nitrogen and oxygen atoms in total. The molecular formula is C14H20ClN3O2S. The second kappa shape index (κ2) is 5.83. The summed E-state index contributed by atoms with van der Waals surface area (Å²) in [6.07, 6.45) is 4.31. The number of nitrogens with two attached hydrogens (primary N) is 1. The summed E-state index contributed by atoms with van der Waals surface area (Å²) in [7, 11) is 0. The highest BCUT2D eigenvalue weighted by Gasteiger charge is 2.49. The minimum Gasteiger partial charge on any atom is -0.375 e. The van der Waals surface area contributed by atoms with E-state index in [1.54, 1.807) is 0 Å². The third kappa shape index (κ3) is 2.59. The van der Waals surface area contributed by atoms with Crippen LogP contribution in [0.15, 0.2) is 0 Å². The van der Waals surface area contributed by atoms with Gasteiger partial charge in [0.15, 0.2) is 5.13 Å². The summed E-state index contributed by atoms with van der Waals surface area (Å²) < 4.78 is 5.41. The van der Waals surface area contributed by atoms with Crippen LogP contribution in [0.4, 0.5) is 5.13 Å². The molecular weight excluding hydrogens is 310 g/mol. The minimum absolute atomic E-state index is 0. The smallest absolute Gasteiger partial charge is 0.231 e. The van der Waals surface area contributed by atoms with Crippen molar-refractivity contribution in [2.75, 3.05) is 11.9 Å². The van der Waals surface area contributed by atoms with Gasteiger partial charge in [-0.1, -0.05) is 11.3 Å². The van der Waals surface area contributed by atoms with Crippen LogP contribution in [0.5, 0.6) is 0 Å². The van der Waals surface area contributed by atoms with E-state index in [-0.39, 0.29) is 30.3 Å². The first kappa shape index (κ1) is 15.2. The maximum Gasteiger partial charge on any atom is 0.231 e. The van der Waals surface area contributed by atoms with Crippen molar-refractivity contribution in [1.29, 1.82) is 0 Å². The van der Waals surface area contributed by atoms with E-state index in [4.69, 9.17) is 10.5 Å². The van der Waals surface area contributed by atoms with E-state index in [2.05, 4.69) is 10.3 Å². The quantitative estimate of drug-likeness (QED) is 0.869. The van der Waals surface area contributed by atoms with Crippen molar-refractivity contribution < 1.29 is 9.53 Å². The van der Waals surface area contributed by atoms with E-state index in [1.165, 1.54) is 17.8 Å². The third-order valence-electron chi connectivity index (χ3n) is 5.01. The number of fused-ring (bicyclic) bond motifs is 3. The Hall–Kier alpha value is -0.690. The molecule has 1 aromatic rings. The van der Waals surface area contributed by atoms with Gasteiger partial charge in [0, 0.05) is 12.5 Å². The number of thiazole rings is 1. The molecule has 0 spiro atoms. The van der Waals surface area contributed by atoms with Crippen molar-refractivity contribution >= 4 is 34.8 Å². The number of nitrogens with one attached hydrogen (secondary N) is 1. The minimum atomic E-state index is -0.0223. The molecule has 1 aliphatic heterocycles. The summed E-state index contributed by atoms with van der Waals surface area (Å²) in [5.41, 5.74) is 7.30. The molecule has 2 aliphatic carbocycles. The van der Waals surface area contributed by atoms with Crippen LogP contribution in [0.25, 0.3) is 0 Å². The number of nitrogens with zero attached hydrogens (tertiary/aromatic N) is 1. The normalized spacial score (nSPS) is 33.4. The average Bonchev–Trinajstić information content (AvgIpc) is 3.10. The van der Waals surface area contributed by atoms with Crippen molar-refractivity contribution in [3.05, 3.63) is 10.6 Å². The number of hydrogen-bond donors (Lipinski definition) is 2. The van der Waals surface area contributed by atoms with Crippen LogP contribution in [0, 0.1) is 17.8 Å².